The molecule has 5 rings (SSSR count). The van der Waals surface area contributed by atoms with Gasteiger partial charge in [0.15, 0.2) is 0 Å². The summed E-state index contributed by atoms with van der Waals surface area (Å²) in [6, 6.07) is 6.56. The van der Waals surface area contributed by atoms with Crippen LogP contribution in [0.25, 0.3) is 16.6 Å². The van der Waals surface area contributed by atoms with Crippen molar-refractivity contribution < 1.29 is 9.47 Å². The second-order valence-electron chi connectivity index (χ2n) is 10.8. The van der Waals surface area contributed by atoms with Gasteiger partial charge in [0.1, 0.15) is 17.0 Å². The molecule has 5 nitrogen and oxygen atoms in total. The maximum Gasteiger partial charge on any atom is 0.147 e. The summed E-state index contributed by atoms with van der Waals surface area (Å²) in [5.41, 5.74) is 5.11. The van der Waals surface area contributed by atoms with Gasteiger partial charge in [-0.05, 0) is 55.7 Å². The molecule has 3 aliphatic rings. The van der Waals surface area contributed by atoms with E-state index in [1.54, 1.807) is 0 Å². The van der Waals surface area contributed by atoms with Gasteiger partial charge in [0, 0.05) is 17.2 Å². The van der Waals surface area contributed by atoms with Crippen molar-refractivity contribution in [2.75, 3.05) is 6.61 Å². The zero-order valence-electron chi connectivity index (χ0n) is 21.1. The average molecular weight is 460 g/mol. The van der Waals surface area contributed by atoms with Crippen molar-refractivity contribution >= 4 is 16.6 Å². The van der Waals surface area contributed by atoms with Crippen LogP contribution in [-0.4, -0.2) is 33.4 Å². The summed E-state index contributed by atoms with van der Waals surface area (Å²) in [5, 5.41) is 6.24. The van der Waals surface area contributed by atoms with Crippen molar-refractivity contribution in [3.63, 3.8) is 0 Å². The molecule has 2 aliphatic heterocycles. The van der Waals surface area contributed by atoms with Crippen LogP contribution < -0.4 is 4.74 Å². The number of hydrogen-bond acceptors (Lipinski definition) is 4. The normalized spacial score (nSPS) is 21.0. The summed E-state index contributed by atoms with van der Waals surface area (Å²) >= 11 is 0. The molecule has 3 heterocycles. The van der Waals surface area contributed by atoms with Gasteiger partial charge in [0.05, 0.1) is 36.7 Å². The molecule has 5 heteroatoms. The van der Waals surface area contributed by atoms with E-state index in [0.29, 0.717) is 18.5 Å². The Bertz CT molecular complexity index is 1190. The Morgan fingerprint density at radius 2 is 1.94 bits per heavy atom. The van der Waals surface area contributed by atoms with Gasteiger partial charge in [-0.2, -0.15) is 5.10 Å². The van der Waals surface area contributed by atoms with E-state index in [0.717, 1.165) is 58.6 Å². The van der Waals surface area contributed by atoms with Crippen LogP contribution in [0.4, 0.5) is 0 Å². The minimum Gasteiger partial charge on any atom is -0.494 e. The number of hydrogen-bond donors (Lipinski definition) is 0. The van der Waals surface area contributed by atoms with Gasteiger partial charge in [-0.1, -0.05) is 52.5 Å². The van der Waals surface area contributed by atoms with Crippen LogP contribution in [-0.2, 0) is 11.3 Å². The lowest BCUT2D eigenvalue weighted by Crippen LogP contribution is -2.47. The smallest absolute Gasteiger partial charge is 0.147 e. The Hall–Kier alpha value is -2.95. The third-order valence-electron chi connectivity index (χ3n) is 7.32. The first-order valence-corrected chi connectivity index (χ1v) is 12.7. The quantitative estimate of drug-likeness (QED) is 0.460. The fourth-order valence-electron chi connectivity index (χ4n) is 5.49. The molecule has 1 aliphatic carbocycles. The monoisotopic (exact) mass is 459 g/mol. The van der Waals surface area contributed by atoms with Crippen LogP contribution >= 0.6 is 0 Å². The first-order chi connectivity index (χ1) is 16.3. The number of aromatic nitrogens is 2. The lowest BCUT2D eigenvalue weighted by atomic mass is 9.82. The van der Waals surface area contributed by atoms with Crippen LogP contribution in [0.3, 0.4) is 0 Å². The van der Waals surface area contributed by atoms with Crippen LogP contribution in [0.2, 0.25) is 0 Å². The molecule has 1 aromatic heterocycles. The van der Waals surface area contributed by atoms with E-state index in [2.05, 4.69) is 74.0 Å². The van der Waals surface area contributed by atoms with Crippen molar-refractivity contribution in [1.82, 2.24) is 14.7 Å². The number of nitrogens with zero attached hydrogens (tertiary/aromatic N) is 3. The van der Waals surface area contributed by atoms with Crippen LogP contribution in [0.15, 0.2) is 60.5 Å². The SMILES string of the molecule is C=C1C=C2c3c4cccc(OC5CCCCC5)c4nn3CC(C(C)(C)C)N2C=C1C(=C)OCC. The molecule has 0 bridgehead atoms. The van der Waals surface area contributed by atoms with E-state index in [1.165, 1.54) is 19.3 Å². The lowest BCUT2D eigenvalue weighted by Gasteiger charge is -2.46. The highest BCUT2D eigenvalue weighted by atomic mass is 16.5. The summed E-state index contributed by atoms with van der Waals surface area (Å²) < 4.78 is 14.4. The van der Waals surface area contributed by atoms with Crippen molar-refractivity contribution in [2.24, 2.45) is 5.41 Å². The lowest BCUT2D eigenvalue weighted by molar-refractivity contribution is 0.153. The molecule has 180 valence electrons. The standard InChI is InChI=1S/C29H37N3O2/c1-7-33-20(3)23-17-31-24(16-19(23)2)28-22-14-11-15-25(34-21-12-9-8-10-13-21)27(22)30-32(28)18-26(31)29(4,5)6/h11,14-17,21,26H,2-3,7-10,12-13,18H2,1,4-6H3. The predicted octanol–water partition coefficient (Wildman–Crippen LogP) is 6.82. The maximum atomic E-state index is 6.51. The summed E-state index contributed by atoms with van der Waals surface area (Å²) in [4.78, 5) is 2.39. The van der Waals surface area contributed by atoms with Crippen molar-refractivity contribution in [1.29, 1.82) is 0 Å². The summed E-state index contributed by atoms with van der Waals surface area (Å²) in [6.07, 6.45) is 10.7. The van der Waals surface area contributed by atoms with Gasteiger partial charge in [-0.15, -0.1) is 0 Å². The second kappa shape index (κ2) is 8.68. The van der Waals surface area contributed by atoms with E-state index >= 15 is 0 Å². The maximum absolute atomic E-state index is 6.51. The van der Waals surface area contributed by atoms with E-state index < -0.39 is 0 Å². The molecule has 0 amide bonds. The van der Waals surface area contributed by atoms with Gasteiger partial charge < -0.3 is 14.4 Å². The van der Waals surface area contributed by atoms with Crippen molar-refractivity contribution in [3.05, 3.63) is 66.2 Å². The van der Waals surface area contributed by atoms with E-state index in [1.807, 2.05) is 6.92 Å². The zero-order valence-corrected chi connectivity index (χ0v) is 21.1. The Morgan fingerprint density at radius 3 is 2.65 bits per heavy atom. The highest BCUT2D eigenvalue weighted by Gasteiger charge is 2.40. The highest BCUT2D eigenvalue weighted by molar-refractivity contribution is 5.95. The van der Waals surface area contributed by atoms with Crippen molar-refractivity contribution in [3.8, 4) is 5.75 Å². The van der Waals surface area contributed by atoms with E-state index in [-0.39, 0.29) is 11.5 Å². The van der Waals surface area contributed by atoms with Crippen molar-refractivity contribution in [2.45, 2.75) is 78.5 Å². The third kappa shape index (κ3) is 3.95. The Labute approximate surface area is 203 Å². The fourth-order valence-corrected chi connectivity index (χ4v) is 5.49. The molecular formula is C29H37N3O2. The Morgan fingerprint density at radius 1 is 1.18 bits per heavy atom. The second-order valence-corrected chi connectivity index (χ2v) is 10.8. The molecule has 1 aromatic carbocycles. The molecule has 0 N–H and O–H groups in total. The van der Waals surface area contributed by atoms with Gasteiger partial charge in [0.25, 0.3) is 0 Å². The molecule has 34 heavy (non-hydrogen) atoms. The molecule has 0 radical (unpaired) electrons. The molecule has 0 saturated heterocycles. The number of benzene rings is 1. The Balaban J connectivity index is 1.61. The zero-order chi connectivity index (χ0) is 24.0. The van der Waals surface area contributed by atoms with E-state index in [9.17, 15) is 0 Å². The molecule has 1 atom stereocenters. The first-order valence-electron chi connectivity index (χ1n) is 12.7. The minimum atomic E-state index is 0.0313. The first kappa shape index (κ1) is 22.8. The molecule has 1 fully saturated rings. The van der Waals surface area contributed by atoms with Crippen LogP contribution in [0.5, 0.6) is 5.75 Å². The largest absolute Gasteiger partial charge is 0.494 e. The topological polar surface area (TPSA) is 39.5 Å². The molecule has 0 spiro atoms. The molecule has 1 saturated carbocycles. The fraction of sp³-hybridized carbons (Fsp3) is 0.483. The molecule has 1 unspecified atom stereocenters. The van der Waals surface area contributed by atoms with Crippen LogP contribution in [0, 0.1) is 5.41 Å². The average Bonchev–Trinajstić information content (AvgIpc) is 3.18. The van der Waals surface area contributed by atoms with Gasteiger partial charge in [0.2, 0.25) is 0 Å². The van der Waals surface area contributed by atoms with Gasteiger partial charge in [-0.3, -0.25) is 4.68 Å². The predicted molar refractivity (Wildman–Crippen MR) is 138 cm³/mol. The number of ether oxygens (including phenoxy) is 2. The molecular weight excluding hydrogens is 422 g/mol. The molecule has 2 aromatic rings. The number of rotatable bonds is 5. The van der Waals surface area contributed by atoms with E-state index in [4.69, 9.17) is 14.6 Å². The summed E-state index contributed by atoms with van der Waals surface area (Å²) in [6.45, 7) is 18.7. The van der Waals surface area contributed by atoms with Gasteiger partial charge in [-0.25, -0.2) is 0 Å². The van der Waals surface area contributed by atoms with Crippen LogP contribution in [0.1, 0.15) is 65.5 Å². The third-order valence-corrected chi connectivity index (χ3v) is 7.32. The number of fused-ring (bicyclic) bond motifs is 5. The summed E-state index contributed by atoms with van der Waals surface area (Å²) in [7, 11) is 0. The minimum absolute atomic E-state index is 0.0313. The van der Waals surface area contributed by atoms with Gasteiger partial charge >= 0.3 is 0 Å². The Kier molecular flexibility index (Phi) is 5.83. The summed E-state index contributed by atoms with van der Waals surface area (Å²) in [5.74, 6) is 1.57. The number of allylic oxidation sites excluding steroid dienone is 2. The highest BCUT2D eigenvalue weighted by Crippen LogP contribution is 2.44.